The molecule has 0 radical (unpaired) electrons. The van der Waals surface area contributed by atoms with Crippen molar-refractivity contribution >= 4 is 11.7 Å². The molecule has 1 atom stereocenters. The first kappa shape index (κ1) is 18.1. The number of amides is 2. The topological polar surface area (TPSA) is 53.6 Å². The number of halogens is 1. The minimum atomic E-state index is -0.274. The van der Waals surface area contributed by atoms with Crippen molar-refractivity contribution in [1.29, 1.82) is 0 Å². The zero-order valence-corrected chi connectivity index (χ0v) is 14.9. The molecular formula is C19H28FN3O2. The van der Waals surface area contributed by atoms with Gasteiger partial charge in [-0.1, -0.05) is 13.0 Å². The lowest BCUT2D eigenvalue weighted by atomic mass is 10.0. The van der Waals surface area contributed by atoms with E-state index in [1.807, 2.05) is 6.92 Å². The Hall–Kier alpha value is -1.66. The average molecular weight is 349 g/mol. The second kappa shape index (κ2) is 8.63. The van der Waals surface area contributed by atoms with Gasteiger partial charge in [-0.05, 0) is 49.3 Å². The number of rotatable bonds is 5. The maximum Gasteiger partial charge on any atom is 0.319 e. The van der Waals surface area contributed by atoms with Crippen molar-refractivity contribution in [2.24, 2.45) is 5.92 Å². The maximum atomic E-state index is 13.8. The molecule has 2 saturated heterocycles. The fourth-order valence-electron chi connectivity index (χ4n) is 3.62. The predicted octanol–water partition coefficient (Wildman–Crippen LogP) is 3.01. The first-order chi connectivity index (χ1) is 12.1. The summed E-state index contributed by atoms with van der Waals surface area (Å²) in [6.07, 6.45) is 3.70. The summed E-state index contributed by atoms with van der Waals surface area (Å²) >= 11 is 0. The number of anilines is 1. The molecule has 0 saturated carbocycles. The molecule has 2 aliphatic rings. The van der Waals surface area contributed by atoms with E-state index in [1.54, 1.807) is 12.1 Å². The molecular weight excluding hydrogens is 321 g/mol. The summed E-state index contributed by atoms with van der Waals surface area (Å²) < 4.78 is 19.2. The van der Waals surface area contributed by atoms with E-state index in [-0.39, 0.29) is 17.9 Å². The standard InChI is InChI=1S/C19H28FN3O2/c1-2-15-3-4-17(11-18(15)20)22-19(24)21-16-5-8-23(9-6-16)12-14-7-10-25-13-14/h3-4,11,14,16H,2,5-10,12-13H2,1H3,(H2,21,22,24)/t14-/m1/s1. The van der Waals surface area contributed by atoms with Crippen molar-refractivity contribution < 1.29 is 13.9 Å². The number of aryl methyl sites for hydroxylation is 1. The quantitative estimate of drug-likeness (QED) is 0.859. The minimum absolute atomic E-state index is 0.177. The van der Waals surface area contributed by atoms with Crippen LogP contribution in [0.15, 0.2) is 18.2 Å². The Labute approximate surface area is 148 Å². The number of benzene rings is 1. The second-order valence-electron chi connectivity index (χ2n) is 7.06. The third-order valence-electron chi connectivity index (χ3n) is 5.16. The number of nitrogens with one attached hydrogen (secondary N) is 2. The Morgan fingerprint density at radius 3 is 2.76 bits per heavy atom. The lowest BCUT2D eigenvalue weighted by molar-refractivity contribution is 0.148. The van der Waals surface area contributed by atoms with Gasteiger partial charge in [0.05, 0.1) is 6.61 Å². The molecule has 0 bridgehead atoms. The van der Waals surface area contributed by atoms with Crippen LogP contribution >= 0.6 is 0 Å². The first-order valence-corrected chi connectivity index (χ1v) is 9.30. The average Bonchev–Trinajstić information content (AvgIpc) is 3.10. The molecule has 2 fully saturated rings. The monoisotopic (exact) mass is 349 g/mol. The van der Waals surface area contributed by atoms with Gasteiger partial charge in [-0.2, -0.15) is 0 Å². The van der Waals surface area contributed by atoms with Gasteiger partial charge in [-0.25, -0.2) is 9.18 Å². The molecule has 0 spiro atoms. The van der Waals surface area contributed by atoms with Crippen molar-refractivity contribution in [3.63, 3.8) is 0 Å². The SMILES string of the molecule is CCc1ccc(NC(=O)NC2CCN(C[C@H]3CCOC3)CC2)cc1F. The Morgan fingerprint density at radius 1 is 1.32 bits per heavy atom. The molecule has 2 N–H and O–H groups in total. The van der Waals surface area contributed by atoms with Gasteiger partial charge in [-0.3, -0.25) is 0 Å². The zero-order valence-electron chi connectivity index (χ0n) is 14.9. The van der Waals surface area contributed by atoms with E-state index in [0.29, 0.717) is 23.6 Å². The van der Waals surface area contributed by atoms with Gasteiger partial charge in [-0.15, -0.1) is 0 Å². The largest absolute Gasteiger partial charge is 0.381 e. The minimum Gasteiger partial charge on any atom is -0.381 e. The van der Waals surface area contributed by atoms with E-state index >= 15 is 0 Å². The smallest absolute Gasteiger partial charge is 0.319 e. The van der Waals surface area contributed by atoms with Crippen LogP contribution in [-0.2, 0) is 11.2 Å². The molecule has 25 heavy (non-hydrogen) atoms. The van der Waals surface area contributed by atoms with Crippen LogP contribution in [0.4, 0.5) is 14.9 Å². The van der Waals surface area contributed by atoms with Gasteiger partial charge in [0.25, 0.3) is 0 Å². The number of piperidine rings is 1. The van der Waals surface area contributed by atoms with Gasteiger partial charge >= 0.3 is 6.03 Å². The molecule has 5 nitrogen and oxygen atoms in total. The van der Waals surface area contributed by atoms with E-state index < -0.39 is 0 Å². The van der Waals surface area contributed by atoms with Crippen molar-refractivity contribution in [3.05, 3.63) is 29.6 Å². The zero-order chi connectivity index (χ0) is 17.6. The lowest BCUT2D eigenvalue weighted by Crippen LogP contribution is -2.47. The highest BCUT2D eigenvalue weighted by Gasteiger charge is 2.24. The number of nitrogens with zero attached hydrogens (tertiary/aromatic N) is 1. The molecule has 0 aliphatic carbocycles. The number of carbonyl (C=O) groups is 1. The number of ether oxygens (including phenoxy) is 1. The molecule has 1 aromatic rings. The summed E-state index contributed by atoms with van der Waals surface area (Å²) in [7, 11) is 0. The van der Waals surface area contributed by atoms with Crippen LogP contribution in [0.25, 0.3) is 0 Å². The number of urea groups is 1. The van der Waals surface area contributed by atoms with Gasteiger partial charge < -0.3 is 20.3 Å². The molecule has 3 rings (SSSR count). The Morgan fingerprint density at radius 2 is 2.12 bits per heavy atom. The fraction of sp³-hybridized carbons (Fsp3) is 0.632. The van der Waals surface area contributed by atoms with E-state index in [4.69, 9.17) is 4.74 Å². The summed E-state index contributed by atoms with van der Waals surface area (Å²) in [4.78, 5) is 14.6. The van der Waals surface area contributed by atoms with Crippen LogP contribution in [0.2, 0.25) is 0 Å². The third-order valence-corrected chi connectivity index (χ3v) is 5.16. The first-order valence-electron chi connectivity index (χ1n) is 9.30. The maximum absolute atomic E-state index is 13.8. The molecule has 138 valence electrons. The van der Waals surface area contributed by atoms with Crippen LogP contribution < -0.4 is 10.6 Å². The van der Waals surface area contributed by atoms with Crippen LogP contribution in [0.5, 0.6) is 0 Å². The number of hydrogen-bond acceptors (Lipinski definition) is 3. The van der Waals surface area contributed by atoms with Crippen molar-refractivity contribution in [2.75, 3.05) is 38.2 Å². The highest BCUT2D eigenvalue weighted by atomic mass is 19.1. The lowest BCUT2D eigenvalue weighted by Gasteiger charge is -2.33. The normalized spacial score (nSPS) is 22.1. The Bertz CT molecular complexity index is 582. The third kappa shape index (κ3) is 5.16. The van der Waals surface area contributed by atoms with Crippen molar-refractivity contribution in [2.45, 2.75) is 38.6 Å². The van der Waals surface area contributed by atoms with E-state index in [2.05, 4.69) is 15.5 Å². The molecule has 2 amide bonds. The summed E-state index contributed by atoms with van der Waals surface area (Å²) in [5, 5.41) is 5.74. The van der Waals surface area contributed by atoms with Gasteiger partial charge in [0.15, 0.2) is 0 Å². The fourth-order valence-corrected chi connectivity index (χ4v) is 3.62. The summed E-state index contributed by atoms with van der Waals surface area (Å²) in [5.74, 6) is 0.387. The second-order valence-corrected chi connectivity index (χ2v) is 7.06. The Balaban J connectivity index is 1.40. The van der Waals surface area contributed by atoms with Crippen molar-refractivity contribution in [3.8, 4) is 0 Å². The number of hydrogen-bond donors (Lipinski definition) is 2. The predicted molar refractivity (Wildman–Crippen MR) is 96.3 cm³/mol. The highest BCUT2D eigenvalue weighted by Crippen LogP contribution is 2.18. The van der Waals surface area contributed by atoms with Crippen LogP contribution in [0.1, 0.15) is 31.7 Å². The highest BCUT2D eigenvalue weighted by molar-refractivity contribution is 5.89. The van der Waals surface area contributed by atoms with Gasteiger partial charge in [0.2, 0.25) is 0 Å². The van der Waals surface area contributed by atoms with Crippen LogP contribution in [0.3, 0.4) is 0 Å². The molecule has 1 aromatic carbocycles. The van der Waals surface area contributed by atoms with E-state index in [0.717, 1.165) is 52.1 Å². The van der Waals surface area contributed by atoms with Crippen LogP contribution in [-0.4, -0.2) is 49.8 Å². The molecule has 2 aliphatic heterocycles. The van der Waals surface area contributed by atoms with Gasteiger partial charge in [0.1, 0.15) is 5.82 Å². The molecule has 6 heteroatoms. The summed E-state index contributed by atoms with van der Waals surface area (Å²) in [5.41, 5.74) is 1.15. The number of carbonyl (C=O) groups excluding carboxylic acids is 1. The summed E-state index contributed by atoms with van der Waals surface area (Å²) in [6, 6.07) is 4.76. The van der Waals surface area contributed by atoms with Crippen LogP contribution in [0, 0.1) is 11.7 Å². The molecule has 2 heterocycles. The van der Waals surface area contributed by atoms with E-state index in [9.17, 15) is 9.18 Å². The van der Waals surface area contributed by atoms with Gasteiger partial charge in [0, 0.05) is 38.0 Å². The molecule has 0 aromatic heterocycles. The van der Waals surface area contributed by atoms with Crippen molar-refractivity contribution in [1.82, 2.24) is 10.2 Å². The summed E-state index contributed by atoms with van der Waals surface area (Å²) in [6.45, 7) is 6.78. The number of likely N-dealkylation sites (tertiary alicyclic amines) is 1. The Kier molecular flexibility index (Phi) is 6.26. The molecule has 0 unspecified atom stereocenters. The van der Waals surface area contributed by atoms with E-state index in [1.165, 1.54) is 6.07 Å².